The van der Waals surface area contributed by atoms with E-state index in [1.165, 1.54) is 0 Å². The molecular formula is C14H15NO3. The van der Waals surface area contributed by atoms with Crippen molar-refractivity contribution in [2.45, 2.75) is 19.8 Å². The van der Waals surface area contributed by atoms with E-state index in [9.17, 15) is 9.59 Å². The fourth-order valence-corrected chi connectivity index (χ4v) is 1.69. The van der Waals surface area contributed by atoms with Crippen LogP contribution in [0.15, 0.2) is 39.5 Å². The van der Waals surface area contributed by atoms with E-state index in [4.69, 9.17) is 4.42 Å². The molecule has 0 saturated heterocycles. The molecule has 2 rings (SSSR count). The van der Waals surface area contributed by atoms with Crippen molar-refractivity contribution in [3.05, 3.63) is 46.3 Å². The molecule has 0 aliphatic rings. The minimum absolute atomic E-state index is 0.0600. The van der Waals surface area contributed by atoms with E-state index in [2.05, 4.69) is 5.32 Å². The van der Waals surface area contributed by atoms with E-state index >= 15 is 0 Å². The average Bonchev–Trinajstić information content (AvgIpc) is 2.38. The highest BCUT2D eigenvalue weighted by Crippen LogP contribution is 2.12. The largest absolute Gasteiger partial charge is 0.422 e. The van der Waals surface area contributed by atoms with Crippen LogP contribution < -0.4 is 10.9 Å². The van der Waals surface area contributed by atoms with E-state index in [0.717, 1.165) is 18.2 Å². The number of para-hydroxylation sites is 1. The van der Waals surface area contributed by atoms with Crippen molar-refractivity contribution in [3.8, 4) is 0 Å². The maximum absolute atomic E-state index is 11.8. The predicted octanol–water partition coefficient (Wildman–Crippen LogP) is 2.32. The molecule has 0 bridgehead atoms. The Morgan fingerprint density at radius 2 is 2.11 bits per heavy atom. The Balaban J connectivity index is 2.30. The molecule has 0 fully saturated rings. The first kappa shape index (κ1) is 12.4. The third kappa shape index (κ3) is 2.59. The van der Waals surface area contributed by atoms with Crippen LogP contribution in [-0.4, -0.2) is 12.5 Å². The van der Waals surface area contributed by atoms with Gasteiger partial charge in [0.1, 0.15) is 11.1 Å². The summed E-state index contributed by atoms with van der Waals surface area (Å²) in [6.07, 6.45) is 1.89. The molecule has 18 heavy (non-hydrogen) atoms. The van der Waals surface area contributed by atoms with Crippen LogP contribution in [0.2, 0.25) is 0 Å². The molecule has 2 aromatic rings. The summed E-state index contributed by atoms with van der Waals surface area (Å²) in [6, 6.07) is 8.70. The number of hydrogen-bond acceptors (Lipinski definition) is 3. The topological polar surface area (TPSA) is 59.3 Å². The summed E-state index contributed by atoms with van der Waals surface area (Å²) in [6.45, 7) is 2.61. The Bertz CT molecular complexity index is 616. The van der Waals surface area contributed by atoms with E-state index in [0.29, 0.717) is 12.1 Å². The van der Waals surface area contributed by atoms with Crippen molar-refractivity contribution >= 4 is 16.9 Å². The molecule has 1 aromatic carbocycles. The highest BCUT2D eigenvalue weighted by molar-refractivity contribution is 5.96. The standard InChI is InChI=1S/C14H15NO3/c1-2-3-8-15-13(16)11-9-10-6-4-5-7-12(10)18-14(11)17/h4-7,9H,2-3,8H2,1H3,(H,15,16). The maximum atomic E-state index is 11.8. The van der Waals surface area contributed by atoms with Crippen molar-refractivity contribution in [3.63, 3.8) is 0 Å². The summed E-state index contributed by atoms with van der Waals surface area (Å²) in [5.41, 5.74) is -0.0416. The van der Waals surface area contributed by atoms with Crippen LogP contribution in [0.5, 0.6) is 0 Å². The minimum Gasteiger partial charge on any atom is -0.422 e. The number of unbranched alkanes of at least 4 members (excludes halogenated alkanes) is 1. The Kier molecular flexibility index (Phi) is 3.77. The smallest absolute Gasteiger partial charge is 0.349 e. The van der Waals surface area contributed by atoms with Crippen LogP contribution in [0.3, 0.4) is 0 Å². The number of rotatable bonds is 4. The molecule has 1 heterocycles. The second-order valence-electron chi connectivity index (χ2n) is 4.09. The van der Waals surface area contributed by atoms with Crippen LogP contribution in [0, 0.1) is 0 Å². The number of amides is 1. The molecule has 0 aliphatic carbocycles. The molecule has 1 amide bonds. The summed E-state index contributed by atoms with van der Waals surface area (Å²) >= 11 is 0. The molecule has 0 saturated carbocycles. The Hall–Kier alpha value is -2.10. The van der Waals surface area contributed by atoms with Crippen LogP contribution in [0.25, 0.3) is 11.0 Å². The molecule has 0 unspecified atom stereocenters. The number of carbonyl (C=O) groups excluding carboxylic acids is 1. The lowest BCUT2D eigenvalue weighted by atomic mass is 10.2. The van der Waals surface area contributed by atoms with Crippen LogP contribution >= 0.6 is 0 Å². The number of carbonyl (C=O) groups is 1. The van der Waals surface area contributed by atoms with Crippen molar-refractivity contribution in [2.75, 3.05) is 6.54 Å². The van der Waals surface area contributed by atoms with Crippen molar-refractivity contribution in [1.29, 1.82) is 0 Å². The summed E-state index contributed by atoms with van der Waals surface area (Å²) in [5.74, 6) is -0.372. The normalized spacial score (nSPS) is 10.5. The second kappa shape index (κ2) is 5.49. The Labute approximate surface area is 105 Å². The quantitative estimate of drug-likeness (QED) is 0.664. The van der Waals surface area contributed by atoms with Crippen molar-refractivity contribution < 1.29 is 9.21 Å². The third-order valence-electron chi connectivity index (χ3n) is 2.70. The van der Waals surface area contributed by atoms with E-state index < -0.39 is 5.63 Å². The van der Waals surface area contributed by atoms with Gasteiger partial charge < -0.3 is 9.73 Å². The monoisotopic (exact) mass is 245 g/mol. The molecule has 94 valence electrons. The zero-order valence-corrected chi connectivity index (χ0v) is 10.2. The van der Waals surface area contributed by atoms with Gasteiger partial charge in [0.05, 0.1) is 0 Å². The minimum atomic E-state index is -0.595. The van der Waals surface area contributed by atoms with Crippen LogP contribution in [0.4, 0.5) is 0 Å². The number of fused-ring (bicyclic) bond motifs is 1. The van der Waals surface area contributed by atoms with Crippen LogP contribution in [-0.2, 0) is 0 Å². The highest BCUT2D eigenvalue weighted by atomic mass is 16.4. The van der Waals surface area contributed by atoms with Gasteiger partial charge in [0.15, 0.2) is 0 Å². The van der Waals surface area contributed by atoms with Gasteiger partial charge in [-0.15, -0.1) is 0 Å². The van der Waals surface area contributed by atoms with Gasteiger partial charge in [-0.1, -0.05) is 31.5 Å². The van der Waals surface area contributed by atoms with E-state index in [1.54, 1.807) is 24.3 Å². The fourth-order valence-electron chi connectivity index (χ4n) is 1.69. The Morgan fingerprint density at radius 1 is 1.33 bits per heavy atom. The zero-order chi connectivity index (χ0) is 13.0. The molecule has 0 aliphatic heterocycles. The fraction of sp³-hybridized carbons (Fsp3) is 0.286. The molecule has 1 aromatic heterocycles. The molecule has 4 nitrogen and oxygen atoms in total. The highest BCUT2D eigenvalue weighted by Gasteiger charge is 2.12. The van der Waals surface area contributed by atoms with Crippen molar-refractivity contribution in [2.24, 2.45) is 0 Å². The van der Waals surface area contributed by atoms with E-state index in [-0.39, 0.29) is 11.5 Å². The van der Waals surface area contributed by atoms with Gasteiger partial charge in [-0.05, 0) is 18.6 Å². The predicted molar refractivity (Wildman–Crippen MR) is 69.7 cm³/mol. The molecule has 1 N–H and O–H groups in total. The average molecular weight is 245 g/mol. The third-order valence-corrected chi connectivity index (χ3v) is 2.70. The lowest BCUT2D eigenvalue weighted by Crippen LogP contribution is -2.28. The summed E-state index contributed by atoms with van der Waals surface area (Å²) in [5, 5.41) is 3.45. The Morgan fingerprint density at radius 3 is 2.89 bits per heavy atom. The lowest BCUT2D eigenvalue weighted by Gasteiger charge is -2.04. The molecule has 0 spiro atoms. The lowest BCUT2D eigenvalue weighted by molar-refractivity contribution is 0.0949. The number of hydrogen-bond donors (Lipinski definition) is 1. The molecule has 0 radical (unpaired) electrons. The van der Waals surface area contributed by atoms with E-state index in [1.807, 2.05) is 13.0 Å². The molecule has 0 atom stereocenters. The van der Waals surface area contributed by atoms with Gasteiger partial charge in [-0.2, -0.15) is 0 Å². The number of nitrogens with one attached hydrogen (secondary N) is 1. The first-order chi connectivity index (χ1) is 8.72. The summed E-state index contributed by atoms with van der Waals surface area (Å²) < 4.78 is 5.10. The number of benzene rings is 1. The first-order valence-electron chi connectivity index (χ1n) is 6.03. The van der Waals surface area contributed by atoms with Crippen LogP contribution in [0.1, 0.15) is 30.1 Å². The second-order valence-corrected chi connectivity index (χ2v) is 4.09. The first-order valence-corrected chi connectivity index (χ1v) is 6.03. The van der Waals surface area contributed by atoms with Gasteiger partial charge in [-0.25, -0.2) is 4.79 Å². The summed E-state index contributed by atoms with van der Waals surface area (Å²) in [4.78, 5) is 23.5. The van der Waals surface area contributed by atoms with Gasteiger partial charge in [0.2, 0.25) is 0 Å². The van der Waals surface area contributed by atoms with Gasteiger partial charge >= 0.3 is 5.63 Å². The van der Waals surface area contributed by atoms with Gasteiger partial charge in [0.25, 0.3) is 5.91 Å². The van der Waals surface area contributed by atoms with Crippen molar-refractivity contribution in [1.82, 2.24) is 5.32 Å². The van der Waals surface area contributed by atoms with Gasteiger partial charge in [0, 0.05) is 11.9 Å². The SMILES string of the molecule is CCCCNC(=O)c1cc2ccccc2oc1=O. The summed E-state index contributed by atoms with van der Waals surface area (Å²) in [7, 11) is 0. The maximum Gasteiger partial charge on any atom is 0.349 e. The molecule has 4 heteroatoms. The zero-order valence-electron chi connectivity index (χ0n) is 10.2. The van der Waals surface area contributed by atoms with Gasteiger partial charge in [-0.3, -0.25) is 4.79 Å². The molecular weight excluding hydrogens is 230 g/mol.